The van der Waals surface area contributed by atoms with Crippen LogP contribution >= 0.6 is 11.6 Å². The fraction of sp³-hybridized carbons (Fsp3) is 0.529. The summed E-state index contributed by atoms with van der Waals surface area (Å²) in [5.41, 5.74) is 1.00. The van der Waals surface area contributed by atoms with E-state index in [9.17, 15) is 9.59 Å². The Hall–Kier alpha value is -1.55. The molecule has 0 bridgehead atoms. The number of nitrogens with zero attached hydrogens (tertiary/aromatic N) is 1. The molecule has 2 amide bonds. The lowest BCUT2D eigenvalue weighted by Gasteiger charge is -2.13. The van der Waals surface area contributed by atoms with Gasteiger partial charge in [-0.05, 0) is 24.6 Å². The van der Waals surface area contributed by atoms with Gasteiger partial charge in [-0.3, -0.25) is 9.59 Å². The van der Waals surface area contributed by atoms with Crippen LogP contribution in [0.3, 0.4) is 0 Å². The highest BCUT2D eigenvalue weighted by atomic mass is 35.5. The second-order valence-electron chi connectivity index (χ2n) is 5.61. The first-order chi connectivity index (χ1) is 10.5. The molecule has 0 aromatic heterocycles. The Morgan fingerprint density at radius 2 is 1.82 bits per heavy atom. The number of unbranched alkanes of at least 4 members (excludes halogenated alkanes) is 4. The standard InChI is InChI=1S/C17H25ClN2O2/c1-4-5-6-7-8-9-16(21)19-15-12-13(10-11-14(15)18)17(22)20(2)3/h10-12H,4-9H2,1-3H3,(H,19,21). The van der Waals surface area contributed by atoms with Crippen molar-refractivity contribution in [3.63, 3.8) is 0 Å². The van der Waals surface area contributed by atoms with Crippen molar-refractivity contribution in [2.24, 2.45) is 0 Å². The number of carbonyl (C=O) groups excluding carboxylic acids is 2. The minimum absolute atomic E-state index is 0.0622. The highest BCUT2D eigenvalue weighted by molar-refractivity contribution is 6.33. The predicted octanol–water partition coefficient (Wildman–Crippen LogP) is 4.34. The van der Waals surface area contributed by atoms with Crippen LogP contribution in [-0.2, 0) is 4.79 Å². The van der Waals surface area contributed by atoms with Crippen molar-refractivity contribution in [2.75, 3.05) is 19.4 Å². The van der Waals surface area contributed by atoms with Crippen molar-refractivity contribution in [3.05, 3.63) is 28.8 Å². The minimum atomic E-state index is -0.119. The number of benzene rings is 1. The zero-order chi connectivity index (χ0) is 16.5. The molecule has 5 heteroatoms. The van der Waals surface area contributed by atoms with Crippen LogP contribution in [0.25, 0.3) is 0 Å². The summed E-state index contributed by atoms with van der Waals surface area (Å²) >= 11 is 6.09. The maximum atomic E-state index is 11.9. The molecule has 1 aromatic carbocycles. The van der Waals surface area contributed by atoms with Gasteiger partial charge in [0.2, 0.25) is 5.91 Å². The van der Waals surface area contributed by atoms with Gasteiger partial charge in [0.15, 0.2) is 0 Å². The van der Waals surface area contributed by atoms with E-state index in [-0.39, 0.29) is 11.8 Å². The van der Waals surface area contributed by atoms with E-state index in [0.29, 0.717) is 22.7 Å². The first-order valence-electron chi connectivity index (χ1n) is 7.76. The van der Waals surface area contributed by atoms with Crippen LogP contribution in [0.1, 0.15) is 55.8 Å². The number of nitrogens with one attached hydrogen (secondary N) is 1. The van der Waals surface area contributed by atoms with Crippen molar-refractivity contribution in [2.45, 2.75) is 45.4 Å². The molecule has 0 heterocycles. The quantitative estimate of drug-likeness (QED) is 0.723. The van der Waals surface area contributed by atoms with Gasteiger partial charge in [-0.25, -0.2) is 0 Å². The third kappa shape index (κ3) is 6.06. The summed E-state index contributed by atoms with van der Waals surface area (Å²) in [4.78, 5) is 25.4. The van der Waals surface area contributed by atoms with E-state index in [2.05, 4.69) is 12.2 Å². The summed E-state index contributed by atoms with van der Waals surface area (Å²) in [7, 11) is 3.37. The Kier molecular flexibility index (Phi) is 7.96. The van der Waals surface area contributed by atoms with E-state index >= 15 is 0 Å². The average molecular weight is 325 g/mol. The molecule has 1 aromatic rings. The third-order valence-corrected chi connectivity index (χ3v) is 3.73. The molecule has 0 fully saturated rings. The van der Waals surface area contributed by atoms with Gasteiger partial charge in [0.05, 0.1) is 10.7 Å². The van der Waals surface area contributed by atoms with Gasteiger partial charge < -0.3 is 10.2 Å². The van der Waals surface area contributed by atoms with Gasteiger partial charge in [-0.1, -0.05) is 44.2 Å². The fourth-order valence-electron chi connectivity index (χ4n) is 2.11. The van der Waals surface area contributed by atoms with E-state index in [4.69, 9.17) is 11.6 Å². The van der Waals surface area contributed by atoms with E-state index in [1.165, 1.54) is 17.7 Å². The number of hydrogen-bond acceptors (Lipinski definition) is 2. The summed E-state index contributed by atoms with van der Waals surface area (Å²) in [5, 5.41) is 3.23. The Morgan fingerprint density at radius 1 is 1.14 bits per heavy atom. The predicted molar refractivity (Wildman–Crippen MR) is 91.5 cm³/mol. The molecule has 0 radical (unpaired) electrons. The maximum Gasteiger partial charge on any atom is 0.253 e. The molecule has 0 unspecified atom stereocenters. The molecule has 0 saturated heterocycles. The number of amides is 2. The lowest BCUT2D eigenvalue weighted by molar-refractivity contribution is -0.116. The van der Waals surface area contributed by atoms with Gasteiger partial charge in [0.25, 0.3) is 5.91 Å². The largest absolute Gasteiger partial charge is 0.345 e. The van der Waals surface area contributed by atoms with Gasteiger partial charge in [0.1, 0.15) is 0 Å². The molecule has 0 atom stereocenters. The summed E-state index contributed by atoms with van der Waals surface area (Å²) in [5.74, 6) is -0.181. The summed E-state index contributed by atoms with van der Waals surface area (Å²) in [6.45, 7) is 2.16. The highest BCUT2D eigenvalue weighted by Gasteiger charge is 2.12. The number of anilines is 1. The molecule has 0 saturated carbocycles. The van der Waals surface area contributed by atoms with Crippen LogP contribution in [0.5, 0.6) is 0 Å². The number of rotatable bonds is 8. The van der Waals surface area contributed by atoms with Crippen molar-refractivity contribution in [1.29, 1.82) is 0 Å². The van der Waals surface area contributed by atoms with Crippen LogP contribution in [0.4, 0.5) is 5.69 Å². The second kappa shape index (κ2) is 9.46. The molecular weight excluding hydrogens is 300 g/mol. The van der Waals surface area contributed by atoms with Crippen molar-refractivity contribution < 1.29 is 9.59 Å². The van der Waals surface area contributed by atoms with Crippen LogP contribution in [0.15, 0.2) is 18.2 Å². The van der Waals surface area contributed by atoms with Crippen LogP contribution in [0.2, 0.25) is 5.02 Å². The second-order valence-corrected chi connectivity index (χ2v) is 6.01. The van der Waals surface area contributed by atoms with E-state index in [0.717, 1.165) is 19.3 Å². The molecule has 0 aliphatic rings. The maximum absolute atomic E-state index is 11.9. The van der Waals surface area contributed by atoms with Gasteiger partial charge >= 0.3 is 0 Å². The van der Waals surface area contributed by atoms with Crippen LogP contribution < -0.4 is 5.32 Å². The van der Waals surface area contributed by atoms with Crippen LogP contribution in [0, 0.1) is 0 Å². The molecule has 0 aliphatic heterocycles. The van der Waals surface area contributed by atoms with E-state index < -0.39 is 0 Å². The molecule has 1 rings (SSSR count). The van der Waals surface area contributed by atoms with Crippen molar-refractivity contribution in [3.8, 4) is 0 Å². The Bertz CT molecular complexity index is 515. The number of hydrogen-bond donors (Lipinski definition) is 1. The minimum Gasteiger partial charge on any atom is -0.345 e. The topological polar surface area (TPSA) is 49.4 Å². The molecule has 22 heavy (non-hydrogen) atoms. The number of halogens is 1. The highest BCUT2D eigenvalue weighted by Crippen LogP contribution is 2.24. The smallest absolute Gasteiger partial charge is 0.253 e. The zero-order valence-corrected chi connectivity index (χ0v) is 14.4. The third-order valence-electron chi connectivity index (χ3n) is 3.40. The first-order valence-corrected chi connectivity index (χ1v) is 8.14. The average Bonchev–Trinajstić information content (AvgIpc) is 2.48. The summed E-state index contributed by atoms with van der Waals surface area (Å²) in [6.07, 6.45) is 5.98. The summed E-state index contributed by atoms with van der Waals surface area (Å²) < 4.78 is 0. The molecule has 1 N–H and O–H groups in total. The molecule has 0 aliphatic carbocycles. The monoisotopic (exact) mass is 324 g/mol. The normalized spacial score (nSPS) is 10.4. The Balaban J connectivity index is 2.59. The molecule has 4 nitrogen and oxygen atoms in total. The molecule has 0 spiro atoms. The zero-order valence-electron chi connectivity index (χ0n) is 13.6. The van der Waals surface area contributed by atoms with Crippen molar-refractivity contribution >= 4 is 29.1 Å². The SMILES string of the molecule is CCCCCCCC(=O)Nc1cc(C(=O)N(C)C)ccc1Cl. The van der Waals surface area contributed by atoms with Crippen molar-refractivity contribution in [1.82, 2.24) is 4.90 Å². The molecular formula is C17H25ClN2O2. The molecule has 122 valence electrons. The number of carbonyl (C=O) groups is 2. The summed E-state index contributed by atoms with van der Waals surface area (Å²) in [6, 6.07) is 4.92. The van der Waals surface area contributed by atoms with Crippen LogP contribution in [-0.4, -0.2) is 30.8 Å². The van der Waals surface area contributed by atoms with Gasteiger partial charge in [0, 0.05) is 26.1 Å². The van der Waals surface area contributed by atoms with Gasteiger partial charge in [-0.15, -0.1) is 0 Å². The van der Waals surface area contributed by atoms with E-state index in [1.807, 2.05) is 0 Å². The Labute approximate surface area is 137 Å². The first kappa shape index (κ1) is 18.5. The van der Waals surface area contributed by atoms with E-state index in [1.54, 1.807) is 32.3 Å². The lowest BCUT2D eigenvalue weighted by Crippen LogP contribution is -2.22. The Morgan fingerprint density at radius 3 is 2.45 bits per heavy atom. The fourth-order valence-corrected chi connectivity index (χ4v) is 2.28. The van der Waals surface area contributed by atoms with Gasteiger partial charge in [-0.2, -0.15) is 0 Å². The lowest BCUT2D eigenvalue weighted by atomic mass is 10.1.